The number of hydrazine groups is 1. The Morgan fingerprint density at radius 3 is 2.16 bits per heavy atom. The van der Waals surface area contributed by atoms with Crippen molar-refractivity contribution in [2.24, 2.45) is 11.6 Å². The van der Waals surface area contributed by atoms with E-state index in [1.54, 1.807) is 11.2 Å². The average molecular weight is 253 g/mol. The Morgan fingerprint density at radius 1 is 1.00 bits per heavy atom. The molecule has 0 spiro atoms. The van der Waals surface area contributed by atoms with Crippen LogP contribution in [0.25, 0.3) is 16.8 Å². The highest BCUT2D eigenvalue weighted by atomic mass is 15.4. The van der Waals surface area contributed by atoms with Gasteiger partial charge in [0.25, 0.3) is 0 Å². The molecule has 3 nitrogen and oxygen atoms in total. The van der Waals surface area contributed by atoms with Crippen molar-refractivity contribution in [3.63, 3.8) is 0 Å². The molecule has 0 unspecified atom stereocenters. The predicted octanol–water partition coefficient (Wildman–Crippen LogP) is 2.81. The third kappa shape index (κ3) is 3.36. The van der Waals surface area contributed by atoms with Gasteiger partial charge in [-0.3, -0.25) is 0 Å². The first-order valence-corrected chi connectivity index (χ1v) is 6.35. The fraction of sp³-hybridized carbons (Fsp3) is 0.125. The Bertz CT molecular complexity index is 544. The number of benzene rings is 2. The van der Waals surface area contributed by atoms with E-state index in [9.17, 15) is 0 Å². The highest BCUT2D eigenvalue weighted by Gasteiger charge is 2.00. The van der Waals surface area contributed by atoms with Crippen LogP contribution in [0, 0.1) is 0 Å². The highest BCUT2D eigenvalue weighted by Crippen LogP contribution is 2.20. The van der Waals surface area contributed by atoms with E-state index >= 15 is 0 Å². The Morgan fingerprint density at radius 2 is 1.58 bits per heavy atom. The standard InChI is InChI=1S/C16H19N3/c1-2-19(18)12-16(17)15-10-8-14(9-11-15)13-6-4-3-5-7-13/h3-12H,2,17-18H2,1H3/b16-12-. The van der Waals surface area contributed by atoms with E-state index < -0.39 is 0 Å². The molecule has 0 aliphatic carbocycles. The summed E-state index contributed by atoms with van der Waals surface area (Å²) in [5.41, 5.74) is 10.0. The summed E-state index contributed by atoms with van der Waals surface area (Å²) in [4.78, 5) is 0. The third-order valence-corrected chi connectivity index (χ3v) is 3.00. The lowest BCUT2D eigenvalue weighted by Gasteiger charge is -2.12. The first-order chi connectivity index (χ1) is 9.20. The van der Waals surface area contributed by atoms with Crippen LogP contribution in [0.3, 0.4) is 0 Å². The smallest absolute Gasteiger partial charge is 0.0564 e. The first kappa shape index (κ1) is 13.2. The lowest BCUT2D eigenvalue weighted by molar-refractivity contribution is 0.418. The second kappa shape index (κ2) is 6.07. The molecule has 3 heteroatoms. The summed E-state index contributed by atoms with van der Waals surface area (Å²) in [6.07, 6.45) is 1.75. The Labute approximate surface area is 114 Å². The summed E-state index contributed by atoms with van der Waals surface area (Å²) >= 11 is 0. The van der Waals surface area contributed by atoms with Crippen molar-refractivity contribution in [2.45, 2.75) is 6.92 Å². The van der Waals surface area contributed by atoms with Gasteiger partial charge < -0.3 is 10.7 Å². The van der Waals surface area contributed by atoms with Crippen LogP contribution in [0.5, 0.6) is 0 Å². The molecule has 4 N–H and O–H groups in total. The second-order valence-corrected chi connectivity index (χ2v) is 4.36. The molecule has 0 saturated heterocycles. The van der Waals surface area contributed by atoms with Gasteiger partial charge in [0.05, 0.1) is 5.70 Å². The van der Waals surface area contributed by atoms with E-state index in [-0.39, 0.29) is 0 Å². The molecule has 2 aromatic rings. The second-order valence-electron chi connectivity index (χ2n) is 4.36. The van der Waals surface area contributed by atoms with Gasteiger partial charge in [-0.15, -0.1) is 0 Å². The van der Waals surface area contributed by atoms with Gasteiger partial charge in [-0.05, 0) is 23.6 Å². The molecular formula is C16H19N3. The van der Waals surface area contributed by atoms with Gasteiger partial charge in [0.1, 0.15) is 0 Å². The summed E-state index contributed by atoms with van der Waals surface area (Å²) in [6, 6.07) is 18.4. The predicted molar refractivity (Wildman–Crippen MR) is 80.6 cm³/mol. The van der Waals surface area contributed by atoms with Gasteiger partial charge in [0.2, 0.25) is 0 Å². The molecule has 2 rings (SSSR count). The van der Waals surface area contributed by atoms with Crippen molar-refractivity contribution in [1.82, 2.24) is 5.01 Å². The molecule has 0 aromatic heterocycles. The van der Waals surface area contributed by atoms with Crippen molar-refractivity contribution in [3.05, 3.63) is 66.4 Å². The molecule has 0 amide bonds. The van der Waals surface area contributed by atoms with Crippen LogP contribution >= 0.6 is 0 Å². The van der Waals surface area contributed by atoms with E-state index in [4.69, 9.17) is 11.6 Å². The topological polar surface area (TPSA) is 55.3 Å². The van der Waals surface area contributed by atoms with E-state index in [0.29, 0.717) is 5.70 Å². The van der Waals surface area contributed by atoms with Crippen LogP contribution < -0.4 is 11.6 Å². The molecule has 0 heterocycles. The Kier molecular flexibility index (Phi) is 4.21. The minimum absolute atomic E-state index is 0.670. The van der Waals surface area contributed by atoms with Gasteiger partial charge in [-0.25, -0.2) is 5.84 Å². The van der Waals surface area contributed by atoms with E-state index in [2.05, 4.69) is 24.3 Å². The maximum Gasteiger partial charge on any atom is 0.0564 e. The lowest BCUT2D eigenvalue weighted by atomic mass is 10.0. The molecule has 0 radical (unpaired) electrons. The molecule has 0 saturated carbocycles. The molecule has 0 aliphatic heterocycles. The third-order valence-electron chi connectivity index (χ3n) is 3.00. The summed E-state index contributed by atoms with van der Waals surface area (Å²) in [5.74, 6) is 5.71. The van der Waals surface area contributed by atoms with Crippen LogP contribution in [0.2, 0.25) is 0 Å². The SMILES string of the molecule is CCN(N)/C=C(\N)c1ccc(-c2ccccc2)cc1. The minimum atomic E-state index is 0.670. The normalized spacial score (nSPS) is 11.4. The zero-order chi connectivity index (χ0) is 13.7. The van der Waals surface area contributed by atoms with Crippen molar-refractivity contribution in [3.8, 4) is 11.1 Å². The van der Waals surface area contributed by atoms with Gasteiger partial charge in [-0.1, -0.05) is 54.6 Å². The molecule has 0 fully saturated rings. The zero-order valence-corrected chi connectivity index (χ0v) is 11.1. The van der Waals surface area contributed by atoms with Crippen molar-refractivity contribution in [1.29, 1.82) is 0 Å². The molecule has 0 atom stereocenters. The molecule has 0 bridgehead atoms. The van der Waals surface area contributed by atoms with Crippen LogP contribution in [-0.2, 0) is 0 Å². The molecule has 19 heavy (non-hydrogen) atoms. The molecular weight excluding hydrogens is 234 g/mol. The summed E-state index contributed by atoms with van der Waals surface area (Å²) < 4.78 is 0. The molecule has 0 aliphatic rings. The number of nitrogens with two attached hydrogens (primary N) is 2. The zero-order valence-electron chi connectivity index (χ0n) is 11.1. The van der Waals surface area contributed by atoms with Gasteiger partial charge >= 0.3 is 0 Å². The van der Waals surface area contributed by atoms with Gasteiger partial charge in [0.15, 0.2) is 0 Å². The highest BCUT2D eigenvalue weighted by molar-refractivity contribution is 5.68. The summed E-state index contributed by atoms with van der Waals surface area (Å²) in [5, 5.41) is 1.57. The van der Waals surface area contributed by atoms with Crippen LogP contribution in [0.1, 0.15) is 12.5 Å². The first-order valence-electron chi connectivity index (χ1n) is 6.35. The maximum absolute atomic E-state index is 6.00. The summed E-state index contributed by atoms with van der Waals surface area (Å²) in [6.45, 7) is 2.70. The van der Waals surface area contributed by atoms with E-state index in [0.717, 1.165) is 12.1 Å². The number of hydrogen-bond donors (Lipinski definition) is 2. The maximum atomic E-state index is 6.00. The number of rotatable bonds is 4. The fourth-order valence-corrected chi connectivity index (χ4v) is 1.83. The Balaban J connectivity index is 2.22. The van der Waals surface area contributed by atoms with Gasteiger partial charge in [-0.2, -0.15) is 0 Å². The monoisotopic (exact) mass is 253 g/mol. The van der Waals surface area contributed by atoms with Gasteiger partial charge in [0, 0.05) is 12.7 Å². The van der Waals surface area contributed by atoms with Crippen molar-refractivity contribution >= 4 is 5.70 Å². The van der Waals surface area contributed by atoms with E-state index in [1.807, 2.05) is 37.3 Å². The summed E-state index contributed by atoms with van der Waals surface area (Å²) in [7, 11) is 0. The van der Waals surface area contributed by atoms with Crippen LogP contribution in [-0.4, -0.2) is 11.6 Å². The quantitative estimate of drug-likeness (QED) is 0.650. The largest absolute Gasteiger partial charge is 0.397 e. The Hall–Kier alpha value is -2.26. The van der Waals surface area contributed by atoms with Crippen LogP contribution in [0.4, 0.5) is 0 Å². The van der Waals surface area contributed by atoms with Crippen molar-refractivity contribution in [2.75, 3.05) is 6.54 Å². The molecule has 2 aromatic carbocycles. The lowest BCUT2D eigenvalue weighted by Crippen LogP contribution is -2.25. The number of nitrogens with zero attached hydrogens (tertiary/aromatic N) is 1. The average Bonchev–Trinajstić information content (AvgIpc) is 2.48. The minimum Gasteiger partial charge on any atom is -0.397 e. The van der Waals surface area contributed by atoms with Crippen molar-refractivity contribution < 1.29 is 0 Å². The van der Waals surface area contributed by atoms with Crippen LogP contribution in [0.15, 0.2) is 60.8 Å². The molecule has 98 valence electrons. The van der Waals surface area contributed by atoms with E-state index in [1.165, 1.54) is 11.1 Å². The number of hydrogen-bond acceptors (Lipinski definition) is 3. The fourth-order valence-electron chi connectivity index (χ4n) is 1.83.